The fraction of sp³-hybridized carbons (Fsp3) is 0.200. The van der Waals surface area contributed by atoms with Gasteiger partial charge in [-0.1, -0.05) is 18.2 Å². The monoisotopic (exact) mass is 252 g/mol. The van der Waals surface area contributed by atoms with Gasteiger partial charge in [-0.25, -0.2) is 9.97 Å². The number of hydrogen-bond donors (Lipinski definition) is 1. The van der Waals surface area contributed by atoms with E-state index in [1.54, 1.807) is 0 Å². The number of fused-ring (bicyclic) bond motifs is 1. The maximum atomic E-state index is 6.15. The highest BCUT2D eigenvalue weighted by molar-refractivity contribution is 5.97. The standard InChI is InChI=1S/C15H16N4/c1-9-14(16)15(18-10(2)17-9)12-8-19(3)13-7-5-4-6-11(12)13/h4-8H,16H2,1-3H3. The van der Waals surface area contributed by atoms with Crippen molar-refractivity contribution in [3.05, 3.63) is 42.0 Å². The second-order valence-corrected chi connectivity index (χ2v) is 4.79. The van der Waals surface area contributed by atoms with Crippen LogP contribution in [0.1, 0.15) is 11.5 Å². The zero-order valence-electron chi connectivity index (χ0n) is 11.3. The number of para-hydroxylation sites is 1. The van der Waals surface area contributed by atoms with Crippen molar-refractivity contribution in [2.24, 2.45) is 7.05 Å². The minimum atomic E-state index is 0.655. The van der Waals surface area contributed by atoms with Gasteiger partial charge in [-0.3, -0.25) is 0 Å². The van der Waals surface area contributed by atoms with E-state index in [-0.39, 0.29) is 0 Å². The van der Waals surface area contributed by atoms with E-state index in [4.69, 9.17) is 5.73 Å². The maximum absolute atomic E-state index is 6.15. The van der Waals surface area contributed by atoms with Gasteiger partial charge in [0.2, 0.25) is 0 Å². The summed E-state index contributed by atoms with van der Waals surface area (Å²) in [5.74, 6) is 0.745. The normalized spacial score (nSPS) is 11.1. The van der Waals surface area contributed by atoms with Crippen molar-refractivity contribution in [1.82, 2.24) is 14.5 Å². The molecule has 4 nitrogen and oxygen atoms in total. The molecule has 0 aliphatic heterocycles. The maximum Gasteiger partial charge on any atom is 0.126 e. The van der Waals surface area contributed by atoms with Gasteiger partial charge in [-0.05, 0) is 19.9 Å². The molecule has 0 unspecified atom stereocenters. The molecule has 2 aromatic heterocycles. The first-order chi connectivity index (χ1) is 9.08. The highest BCUT2D eigenvalue weighted by Crippen LogP contribution is 2.33. The Morgan fingerprint density at radius 3 is 2.63 bits per heavy atom. The van der Waals surface area contributed by atoms with E-state index in [9.17, 15) is 0 Å². The lowest BCUT2D eigenvalue weighted by molar-refractivity contribution is 0.967. The number of nitrogen functional groups attached to an aromatic ring is 1. The van der Waals surface area contributed by atoms with Gasteiger partial charge < -0.3 is 10.3 Å². The highest BCUT2D eigenvalue weighted by Gasteiger charge is 2.14. The summed E-state index contributed by atoms with van der Waals surface area (Å²) in [6.07, 6.45) is 2.07. The number of benzene rings is 1. The largest absolute Gasteiger partial charge is 0.395 e. The van der Waals surface area contributed by atoms with Crippen LogP contribution in [-0.2, 0) is 7.05 Å². The predicted molar refractivity (Wildman–Crippen MR) is 77.8 cm³/mol. The van der Waals surface area contributed by atoms with Crippen molar-refractivity contribution in [2.75, 3.05) is 5.73 Å². The molecule has 1 aromatic carbocycles. The number of aromatic nitrogens is 3. The first-order valence-electron chi connectivity index (χ1n) is 6.23. The minimum absolute atomic E-state index is 0.655. The summed E-state index contributed by atoms with van der Waals surface area (Å²) in [5.41, 5.74) is 10.7. The molecule has 3 aromatic rings. The van der Waals surface area contributed by atoms with Gasteiger partial charge in [0.25, 0.3) is 0 Å². The summed E-state index contributed by atoms with van der Waals surface area (Å²) in [6.45, 7) is 3.81. The van der Waals surface area contributed by atoms with Crippen LogP contribution in [0.3, 0.4) is 0 Å². The summed E-state index contributed by atoms with van der Waals surface area (Å²) in [6, 6.07) is 8.25. The van der Waals surface area contributed by atoms with Crippen LogP contribution in [0, 0.1) is 13.8 Å². The van der Waals surface area contributed by atoms with Crippen LogP contribution >= 0.6 is 0 Å². The number of aryl methyl sites for hydroxylation is 3. The van der Waals surface area contributed by atoms with Crippen LogP contribution in [-0.4, -0.2) is 14.5 Å². The minimum Gasteiger partial charge on any atom is -0.395 e. The molecule has 19 heavy (non-hydrogen) atoms. The number of nitrogens with two attached hydrogens (primary N) is 1. The van der Waals surface area contributed by atoms with Crippen LogP contribution in [0.25, 0.3) is 22.2 Å². The predicted octanol–water partition coefficient (Wildman–Crippen LogP) is 2.83. The van der Waals surface area contributed by atoms with Gasteiger partial charge in [0.05, 0.1) is 17.1 Å². The Morgan fingerprint density at radius 2 is 1.84 bits per heavy atom. The van der Waals surface area contributed by atoms with Crippen LogP contribution in [0.5, 0.6) is 0 Å². The van der Waals surface area contributed by atoms with Gasteiger partial charge in [-0.2, -0.15) is 0 Å². The summed E-state index contributed by atoms with van der Waals surface area (Å²) in [4.78, 5) is 8.82. The topological polar surface area (TPSA) is 56.7 Å². The Balaban J connectivity index is 2.37. The highest BCUT2D eigenvalue weighted by atomic mass is 14.9. The Kier molecular flexibility index (Phi) is 2.52. The van der Waals surface area contributed by atoms with E-state index in [1.165, 1.54) is 5.52 Å². The Bertz CT molecular complexity index is 771. The van der Waals surface area contributed by atoms with E-state index in [0.29, 0.717) is 5.69 Å². The summed E-state index contributed by atoms with van der Waals surface area (Å²) in [7, 11) is 2.03. The van der Waals surface area contributed by atoms with Crippen molar-refractivity contribution < 1.29 is 0 Å². The molecule has 0 fully saturated rings. The smallest absolute Gasteiger partial charge is 0.126 e. The molecule has 0 aliphatic carbocycles. The molecule has 4 heteroatoms. The molecule has 0 amide bonds. The number of nitrogens with zero attached hydrogens (tertiary/aromatic N) is 3. The van der Waals surface area contributed by atoms with E-state index < -0.39 is 0 Å². The van der Waals surface area contributed by atoms with Crippen molar-refractivity contribution >= 4 is 16.6 Å². The van der Waals surface area contributed by atoms with Crippen LogP contribution in [0.4, 0.5) is 5.69 Å². The lowest BCUT2D eigenvalue weighted by atomic mass is 10.1. The molecular formula is C15H16N4. The molecule has 0 aliphatic rings. The van der Waals surface area contributed by atoms with E-state index >= 15 is 0 Å². The molecule has 0 bridgehead atoms. The average Bonchev–Trinajstić information content (AvgIpc) is 2.72. The van der Waals surface area contributed by atoms with Gasteiger partial charge in [-0.15, -0.1) is 0 Å². The molecule has 3 rings (SSSR count). The Morgan fingerprint density at radius 1 is 1.11 bits per heavy atom. The number of anilines is 1. The fourth-order valence-corrected chi connectivity index (χ4v) is 2.46. The van der Waals surface area contributed by atoms with E-state index in [1.807, 2.05) is 33.0 Å². The van der Waals surface area contributed by atoms with Gasteiger partial charge in [0.15, 0.2) is 0 Å². The summed E-state index contributed by atoms with van der Waals surface area (Å²) in [5, 5.41) is 1.16. The van der Waals surface area contributed by atoms with Crippen LogP contribution in [0.2, 0.25) is 0 Å². The molecule has 2 heterocycles. The third-order valence-electron chi connectivity index (χ3n) is 3.40. The number of rotatable bonds is 1. The summed E-state index contributed by atoms with van der Waals surface area (Å²) < 4.78 is 2.09. The quantitative estimate of drug-likeness (QED) is 0.724. The second kappa shape index (κ2) is 4.09. The third kappa shape index (κ3) is 1.76. The van der Waals surface area contributed by atoms with Crippen molar-refractivity contribution in [1.29, 1.82) is 0 Å². The molecule has 0 atom stereocenters. The molecular weight excluding hydrogens is 236 g/mol. The fourth-order valence-electron chi connectivity index (χ4n) is 2.46. The zero-order chi connectivity index (χ0) is 13.6. The Labute approximate surface area is 111 Å². The van der Waals surface area contributed by atoms with Crippen molar-refractivity contribution in [3.8, 4) is 11.3 Å². The molecule has 0 spiro atoms. The first-order valence-corrected chi connectivity index (χ1v) is 6.23. The average molecular weight is 252 g/mol. The molecule has 0 radical (unpaired) electrons. The van der Waals surface area contributed by atoms with Crippen LogP contribution < -0.4 is 5.73 Å². The van der Waals surface area contributed by atoms with Gasteiger partial charge >= 0.3 is 0 Å². The first kappa shape index (κ1) is 11.7. The lowest BCUT2D eigenvalue weighted by Gasteiger charge is -2.07. The molecule has 0 saturated carbocycles. The lowest BCUT2D eigenvalue weighted by Crippen LogP contribution is -2.01. The number of hydrogen-bond acceptors (Lipinski definition) is 3. The molecule has 2 N–H and O–H groups in total. The van der Waals surface area contributed by atoms with Crippen LogP contribution in [0.15, 0.2) is 30.5 Å². The van der Waals surface area contributed by atoms with Crippen molar-refractivity contribution in [3.63, 3.8) is 0 Å². The van der Waals surface area contributed by atoms with Gasteiger partial charge in [0.1, 0.15) is 5.82 Å². The third-order valence-corrected chi connectivity index (χ3v) is 3.40. The second-order valence-electron chi connectivity index (χ2n) is 4.79. The zero-order valence-corrected chi connectivity index (χ0v) is 11.3. The Hall–Kier alpha value is -2.36. The van der Waals surface area contributed by atoms with Crippen molar-refractivity contribution in [2.45, 2.75) is 13.8 Å². The van der Waals surface area contributed by atoms with E-state index in [0.717, 1.165) is 28.2 Å². The van der Waals surface area contributed by atoms with Gasteiger partial charge in [0, 0.05) is 29.7 Å². The molecule has 96 valence electrons. The summed E-state index contributed by atoms with van der Waals surface area (Å²) >= 11 is 0. The van der Waals surface area contributed by atoms with E-state index in [2.05, 4.69) is 32.9 Å². The SMILES string of the molecule is Cc1nc(C)c(N)c(-c2cn(C)c3ccccc23)n1. The molecule has 0 saturated heterocycles.